The maximum atomic E-state index is 12.1. The van der Waals surface area contributed by atoms with Crippen molar-refractivity contribution in [3.05, 3.63) is 62.7 Å². The molecule has 1 N–H and O–H groups in total. The van der Waals surface area contributed by atoms with E-state index in [-0.39, 0.29) is 5.91 Å². The molecule has 0 aliphatic rings. The molecule has 0 aliphatic carbocycles. The van der Waals surface area contributed by atoms with Gasteiger partial charge in [0.25, 0.3) is 5.91 Å². The van der Waals surface area contributed by atoms with E-state index in [4.69, 9.17) is 5.26 Å². The third-order valence-electron chi connectivity index (χ3n) is 2.70. The minimum atomic E-state index is -0.170. The molecule has 4 heteroatoms. The number of anilines is 1. The number of nitriles is 1. The largest absolute Gasteiger partial charge is 0.322 e. The lowest BCUT2D eigenvalue weighted by Gasteiger charge is -2.09. The van der Waals surface area contributed by atoms with Gasteiger partial charge >= 0.3 is 0 Å². The van der Waals surface area contributed by atoms with Crippen molar-refractivity contribution < 1.29 is 4.79 Å². The maximum Gasteiger partial charge on any atom is 0.255 e. The van der Waals surface area contributed by atoms with Crippen LogP contribution >= 0.6 is 22.6 Å². The first-order chi connectivity index (χ1) is 9.10. The Balaban J connectivity index is 2.27. The Bertz CT molecular complexity index is 674. The lowest BCUT2D eigenvalue weighted by molar-refractivity contribution is 0.102. The van der Waals surface area contributed by atoms with Crippen molar-refractivity contribution in [3.63, 3.8) is 0 Å². The lowest BCUT2D eigenvalue weighted by Crippen LogP contribution is -2.13. The Labute approximate surface area is 125 Å². The average Bonchev–Trinajstić information content (AvgIpc) is 2.41. The Morgan fingerprint density at radius 2 is 2.05 bits per heavy atom. The number of rotatable bonds is 2. The van der Waals surface area contributed by atoms with Crippen LogP contribution in [0.2, 0.25) is 0 Å². The van der Waals surface area contributed by atoms with Gasteiger partial charge in [-0.2, -0.15) is 5.26 Å². The summed E-state index contributed by atoms with van der Waals surface area (Å²) >= 11 is 2.16. The smallest absolute Gasteiger partial charge is 0.255 e. The standard InChI is InChI=1S/C15H11IN2O/c1-10-5-6-11(9-17)7-14(10)18-15(19)12-3-2-4-13(16)8-12/h2-8H,1H3,(H,18,19). The molecule has 2 rings (SSSR count). The summed E-state index contributed by atoms with van der Waals surface area (Å²) in [5, 5.41) is 11.7. The van der Waals surface area contributed by atoms with Crippen LogP contribution < -0.4 is 5.32 Å². The molecule has 3 nitrogen and oxygen atoms in total. The quantitative estimate of drug-likeness (QED) is 0.828. The molecule has 0 saturated carbocycles. The van der Waals surface area contributed by atoms with Gasteiger partial charge in [-0.25, -0.2) is 0 Å². The number of carbonyl (C=O) groups excluding carboxylic acids is 1. The van der Waals surface area contributed by atoms with E-state index in [1.54, 1.807) is 18.2 Å². The molecule has 0 bridgehead atoms. The van der Waals surface area contributed by atoms with Crippen molar-refractivity contribution in [1.29, 1.82) is 5.26 Å². The number of aryl methyl sites for hydroxylation is 1. The molecule has 0 aliphatic heterocycles. The molecule has 1 amide bonds. The minimum Gasteiger partial charge on any atom is -0.322 e. The van der Waals surface area contributed by atoms with E-state index in [2.05, 4.69) is 34.0 Å². The summed E-state index contributed by atoms with van der Waals surface area (Å²) in [7, 11) is 0. The van der Waals surface area contributed by atoms with Crippen molar-refractivity contribution in [1.82, 2.24) is 0 Å². The van der Waals surface area contributed by atoms with Gasteiger partial charge in [-0.15, -0.1) is 0 Å². The van der Waals surface area contributed by atoms with E-state index in [0.717, 1.165) is 9.13 Å². The number of hydrogen-bond donors (Lipinski definition) is 1. The summed E-state index contributed by atoms with van der Waals surface area (Å²) in [6.45, 7) is 1.89. The molecule has 0 atom stereocenters. The molecule has 19 heavy (non-hydrogen) atoms. The van der Waals surface area contributed by atoms with Crippen LogP contribution in [0.25, 0.3) is 0 Å². The van der Waals surface area contributed by atoms with E-state index in [9.17, 15) is 4.79 Å². The van der Waals surface area contributed by atoms with Crippen LogP contribution in [-0.2, 0) is 0 Å². The van der Waals surface area contributed by atoms with Gasteiger partial charge in [-0.05, 0) is 65.4 Å². The summed E-state index contributed by atoms with van der Waals surface area (Å²) in [6, 6.07) is 14.7. The van der Waals surface area contributed by atoms with E-state index < -0.39 is 0 Å². The first kappa shape index (κ1) is 13.6. The second kappa shape index (κ2) is 5.85. The summed E-state index contributed by atoms with van der Waals surface area (Å²) < 4.78 is 1.01. The van der Waals surface area contributed by atoms with Crippen molar-refractivity contribution in [2.75, 3.05) is 5.32 Å². The molecule has 0 heterocycles. The Morgan fingerprint density at radius 3 is 2.74 bits per heavy atom. The van der Waals surface area contributed by atoms with E-state index >= 15 is 0 Å². The number of nitrogens with one attached hydrogen (secondary N) is 1. The normalized spacial score (nSPS) is 9.74. The number of hydrogen-bond acceptors (Lipinski definition) is 2. The first-order valence-corrected chi connectivity index (χ1v) is 6.75. The summed E-state index contributed by atoms with van der Waals surface area (Å²) in [5.74, 6) is -0.170. The van der Waals surface area contributed by atoms with Crippen molar-refractivity contribution in [2.24, 2.45) is 0 Å². The summed E-state index contributed by atoms with van der Waals surface area (Å²) in [5.41, 5.74) is 2.73. The number of nitrogens with zero attached hydrogens (tertiary/aromatic N) is 1. The van der Waals surface area contributed by atoms with Crippen LogP contribution in [0, 0.1) is 21.8 Å². The number of amides is 1. The second-order valence-corrected chi connectivity index (χ2v) is 5.35. The molecule has 2 aromatic rings. The predicted octanol–water partition coefficient (Wildman–Crippen LogP) is 3.72. The molecular formula is C15H11IN2O. The highest BCUT2D eigenvalue weighted by molar-refractivity contribution is 14.1. The molecular weight excluding hydrogens is 351 g/mol. The van der Waals surface area contributed by atoms with Gasteiger partial charge < -0.3 is 5.32 Å². The third-order valence-corrected chi connectivity index (χ3v) is 3.37. The van der Waals surface area contributed by atoms with E-state index in [1.165, 1.54) is 0 Å². The molecule has 2 aromatic carbocycles. The number of halogens is 1. The number of benzene rings is 2. The molecule has 0 aromatic heterocycles. The van der Waals surface area contributed by atoms with Gasteiger partial charge in [0, 0.05) is 14.8 Å². The highest BCUT2D eigenvalue weighted by atomic mass is 127. The van der Waals surface area contributed by atoms with Gasteiger partial charge in [-0.1, -0.05) is 12.1 Å². The van der Waals surface area contributed by atoms with E-state index in [1.807, 2.05) is 31.2 Å². The zero-order valence-corrected chi connectivity index (χ0v) is 12.4. The fraction of sp³-hybridized carbons (Fsp3) is 0.0667. The number of carbonyl (C=O) groups is 1. The Morgan fingerprint density at radius 1 is 1.26 bits per heavy atom. The van der Waals surface area contributed by atoms with Crippen LogP contribution in [0.1, 0.15) is 21.5 Å². The first-order valence-electron chi connectivity index (χ1n) is 5.68. The SMILES string of the molecule is Cc1ccc(C#N)cc1NC(=O)c1cccc(I)c1. The topological polar surface area (TPSA) is 52.9 Å². The fourth-order valence-corrected chi connectivity index (χ4v) is 2.19. The maximum absolute atomic E-state index is 12.1. The molecule has 0 unspecified atom stereocenters. The predicted molar refractivity (Wildman–Crippen MR) is 83.0 cm³/mol. The molecule has 0 fully saturated rings. The fourth-order valence-electron chi connectivity index (χ4n) is 1.65. The summed E-state index contributed by atoms with van der Waals surface area (Å²) in [6.07, 6.45) is 0. The zero-order chi connectivity index (χ0) is 13.8. The van der Waals surface area contributed by atoms with Gasteiger partial charge in [-0.3, -0.25) is 4.79 Å². The van der Waals surface area contributed by atoms with Crippen LogP contribution in [0.4, 0.5) is 5.69 Å². The van der Waals surface area contributed by atoms with Gasteiger partial charge in [0.1, 0.15) is 0 Å². The highest BCUT2D eigenvalue weighted by Crippen LogP contribution is 2.18. The summed E-state index contributed by atoms with van der Waals surface area (Å²) in [4.78, 5) is 12.1. The van der Waals surface area contributed by atoms with Gasteiger partial charge in [0.05, 0.1) is 11.6 Å². The minimum absolute atomic E-state index is 0.170. The molecule has 0 saturated heterocycles. The molecule has 0 spiro atoms. The van der Waals surface area contributed by atoms with Gasteiger partial charge in [0.15, 0.2) is 0 Å². The zero-order valence-electron chi connectivity index (χ0n) is 10.3. The second-order valence-electron chi connectivity index (χ2n) is 4.11. The van der Waals surface area contributed by atoms with Crippen LogP contribution in [0.5, 0.6) is 0 Å². The van der Waals surface area contributed by atoms with Crippen LogP contribution in [0.15, 0.2) is 42.5 Å². The molecule has 0 radical (unpaired) electrons. The Hall–Kier alpha value is -1.87. The van der Waals surface area contributed by atoms with Crippen molar-refractivity contribution >= 4 is 34.2 Å². The third kappa shape index (κ3) is 3.32. The van der Waals surface area contributed by atoms with Crippen molar-refractivity contribution in [2.45, 2.75) is 6.92 Å². The lowest BCUT2D eigenvalue weighted by atomic mass is 10.1. The van der Waals surface area contributed by atoms with Crippen molar-refractivity contribution in [3.8, 4) is 6.07 Å². The van der Waals surface area contributed by atoms with E-state index in [0.29, 0.717) is 16.8 Å². The highest BCUT2D eigenvalue weighted by Gasteiger charge is 2.08. The molecule has 94 valence electrons. The Kier molecular flexibility index (Phi) is 4.17. The monoisotopic (exact) mass is 362 g/mol. The van der Waals surface area contributed by atoms with Crippen LogP contribution in [-0.4, -0.2) is 5.91 Å². The van der Waals surface area contributed by atoms with Gasteiger partial charge in [0.2, 0.25) is 0 Å². The van der Waals surface area contributed by atoms with Crippen LogP contribution in [0.3, 0.4) is 0 Å². The average molecular weight is 362 g/mol.